The summed E-state index contributed by atoms with van der Waals surface area (Å²) >= 11 is 5.65. The molecule has 1 aliphatic rings. The summed E-state index contributed by atoms with van der Waals surface area (Å²) in [6.45, 7) is 5.36. The van der Waals surface area contributed by atoms with Crippen LogP contribution in [0.2, 0.25) is 0 Å². The number of halogens is 3. The van der Waals surface area contributed by atoms with Crippen LogP contribution in [0.25, 0.3) is 0 Å². The highest BCUT2D eigenvalue weighted by Gasteiger charge is 2.38. The number of nitrogens with zero attached hydrogens (tertiary/aromatic N) is 2. The second-order valence-corrected chi connectivity index (χ2v) is 7.63. The molecule has 0 aliphatic carbocycles. The number of ether oxygens (including phenoxy) is 1. The van der Waals surface area contributed by atoms with E-state index < -0.39 is 35.1 Å². The molecule has 2 rings (SSSR count). The topological polar surface area (TPSA) is 49.9 Å². The van der Waals surface area contributed by atoms with Gasteiger partial charge in [0.25, 0.3) is 0 Å². The Hall–Kier alpha value is -1.89. The Morgan fingerprint density at radius 1 is 1.31 bits per heavy atom. The first-order valence-electron chi connectivity index (χ1n) is 8.39. The Labute approximate surface area is 156 Å². The summed E-state index contributed by atoms with van der Waals surface area (Å²) in [6.07, 6.45) is -1.81. The van der Waals surface area contributed by atoms with Crippen LogP contribution in [-0.2, 0) is 11.3 Å². The number of alkyl halides is 1. The van der Waals surface area contributed by atoms with Gasteiger partial charge in [-0.05, 0) is 56.5 Å². The number of amides is 2. The van der Waals surface area contributed by atoms with Crippen LogP contribution in [0.3, 0.4) is 0 Å². The number of benzene rings is 1. The standard InChI is InChI=1S/C18H23ClF2N2O3/c1-18(2,3)26-17(25)22-9-8-15(14(21)11-22)23(16(19)24)10-12-4-6-13(20)7-5-12/h4-7,14-15H,8-11H2,1-3H3/t14-,15+/m1/s1. The van der Waals surface area contributed by atoms with E-state index >= 15 is 0 Å². The molecule has 0 aromatic heterocycles. The first kappa shape index (κ1) is 20.4. The third-order valence-corrected chi connectivity index (χ3v) is 4.27. The van der Waals surface area contributed by atoms with Crippen molar-refractivity contribution in [2.24, 2.45) is 0 Å². The molecule has 1 heterocycles. The van der Waals surface area contributed by atoms with Crippen LogP contribution >= 0.6 is 11.6 Å². The second-order valence-electron chi connectivity index (χ2n) is 7.31. The van der Waals surface area contributed by atoms with Crippen molar-refractivity contribution < 1.29 is 23.1 Å². The van der Waals surface area contributed by atoms with Gasteiger partial charge in [0.05, 0.1) is 12.6 Å². The predicted octanol–water partition coefficient (Wildman–Crippen LogP) is 4.33. The highest BCUT2D eigenvalue weighted by molar-refractivity contribution is 6.62. The van der Waals surface area contributed by atoms with E-state index in [2.05, 4.69) is 0 Å². The van der Waals surface area contributed by atoms with E-state index in [1.807, 2.05) is 0 Å². The van der Waals surface area contributed by atoms with Crippen LogP contribution in [0.1, 0.15) is 32.8 Å². The summed E-state index contributed by atoms with van der Waals surface area (Å²) < 4.78 is 33.0. The van der Waals surface area contributed by atoms with Crippen molar-refractivity contribution in [3.63, 3.8) is 0 Å². The molecule has 144 valence electrons. The van der Waals surface area contributed by atoms with Gasteiger partial charge in [-0.15, -0.1) is 0 Å². The Bertz CT molecular complexity index is 649. The third-order valence-electron chi connectivity index (χ3n) is 4.05. The number of hydrogen-bond acceptors (Lipinski definition) is 3. The minimum absolute atomic E-state index is 0.0696. The van der Waals surface area contributed by atoms with E-state index in [0.717, 1.165) is 0 Å². The third kappa shape index (κ3) is 5.56. The van der Waals surface area contributed by atoms with Crippen molar-refractivity contribution in [1.29, 1.82) is 0 Å². The van der Waals surface area contributed by atoms with Crippen molar-refractivity contribution in [2.45, 2.75) is 51.6 Å². The Kier molecular flexibility index (Phi) is 6.44. The fraction of sp³-hybridized carbons (Fsp3) is 0.556. The number of carbonyl (C=O) groups excluding carboxylic acids is 2. The molecule has 26 heavy (non-hydrogen) atoms. The molecular weight excluding hydrogens is 366 g/mol. The van der Waals surface area contributed by atoms with Crippen molar-refractivity contribution in [3.8, 4) is 0 Å². The molecule has 0 unspecified atom stereocenters. The maximum Gasteiger partial charge on any atom is 0.410 e. The molecule has 1 aromatic carbocycles. The van der Waals surface area contributed by atoms with Crippen molar-refractivity contribution in [1.82, 2.24) is 9.80 Å². The van der Waals surface area contributed by atoms with Crippen molar-refractivity contribution >= 4 is 23.1 Å². The fourth-order valence-corrected chi connectivity index (χ4v) is 3.02. The lowest BCUT2D eigenvalue weighted by Crippen LogP contribution is -2.54. The molecular formula is C18H23ClF2N2O3. The van der Waals surface area contributed by atoms with Gasteiger partial charge < -0.3 is 14.5 Å². The van der Waals surface area contributed by atoms with Gasteiger partial charge in [-0.25, -0.2) is 13.6 Å². The first-order chi connectivity index (χ1) is 12.1. The lowest BCUT2D eigenvalue weighted by atomic mass is 10.0. The van der Waals surface area contributed by atoms with Gasteiger partial charge in [-0.3, -0.25) is 4.79 Å². The molecule has 2 atom stereocenters. The van der Waals surface area contributed by atoms with Crippen LogP contribution < -0.4 is 0 Å². The zero-order valence-corrected chi connectivity index (χ0v) is 15.8. The Balaban J connectivity index is 2.04. The summed E-state index contributed by atoms with van der Waals surface area (Å²) in [5.74, 6) is -0.397. The van der Waals surface area contributed by atoms with E-state index in [9.17, 15) is 18.4 Å². The van der Waals surface area contributed by atoms with E-state index in [1.165, 1.54) is 34.1 Å². The molecule has 0 N–H and O–H groups in total. The van der Waals surface area contributed by atoms with E-state index in [0.29, 0.717) is 5.56 Å². The SMILES string of the molecule is CC(C)(C)OC(=O)N1CC[C@H](N(Cc2ccc(F)cc2)C(=O)Cl)[C@H](F)C1. The van der Waals surface area contributed by atoms with Gasteiger partial charge in [-0.2, -0.15) is 0 Å². The van der Waals surface area contributed by atoms with Crippen LogP contribution in [0.4, 0.5) is 18.4 Å². The Morgan fingerprint density at radius 2 is 1.92 bits per heavy atom. The fourth-order valence-electron chi connectivity index (χ4n) is 2.83. The maximum atomic E-state index is 14.7. The molecule has 1 aromatic rings. The predicted molar refractivity (Wildman–Crippen MR) is 94.3 cm³/mol. The molecule has 0 spiro atoms. The van der Waals surface area contributed by atoms with Gasteiger partial charge in [-0.1, -0.05) is 12.1 Å². The van der Waals surface area contributed by atoms with E-state index in [4.69, 9.17) is 16.3 Å². The number of carbonyl (C=O) groups is 2. The molecule has 1 fully saturated rings. The number of rotatable bonds is 3. The highest BCUT2D eigenvalue weighted by Crippen LogP contribution is 2.24. The zero-order chi connectivity index (χ0) is 19.5. The molecule has 1 saturated heterocycles. The highest BCUT2D eigenvalue weighted by atomic mass is 35.5. The van der Waals surface area contributed by atoms with Gasteiger partial charge in [0.2, 0.25) is 0 Å². The minimum Gasteiger partial charge on any atom is -0.444 e. The summed E-state index contributed by atoms with van der Waals surface area (Å²) in [6, 6.07) is 4.81. The minimum atomic E-state index is -1.46. The second kappa shape index (κ2) is 8.20. The summed E-state index contributed by atoms with van der Waals surface area (Å²) in [5, 5.41) is -0.785. The van der Waals surface area contributed by atoms with Gasteiger partial charge in [0.15, 0.2) is 0 Å². The molecule has 1 aliphatic heterocycles. The van der Waals surface area contributed by atoms with E-state index in [1.54, 1.807) is 20.8 Å². The van der Waals surface area contributed by atoms with Crippen LogP contribution in [0.15, 0.2) is 24.3 Å². The molecule has 5 nitrogen and oxygen atoms in total. The lowest BCUT2D eigenvalue weighted by molar-refractivity contribution is 0.000606. The summed E-state index contributed by atoms with van der Waals surface area (Å²) in [5.41, 5.74) is -0.0253. The van der Waals surface area contributed by atoms with Crippen LogP contribution in [0, 0.1) is 5.82 Å². The van der Waals surface area contributed by atoms with Gasteiger partial charge in [0.1, 0.15) is 17.6 Å². The molecule has 8 heteroatoms. The summed E-state index contributed by atoms with van der Waals surface area (Å²) in [7, 11) is 0. The number of piperidine rings is 1. The zero-order valence-electron chi connectivity index (χ0n) is 15.0. The molecule has 0 bridgehead atoms. The van der Waals surface area contributed by atoms with Gasteiger partial charge >= 0.3 is 11.5 Å². The Morgan fingerprint density at radius 3 is 2.42 bits per heavy atom. The normalized spacial score (nSPS) is 20.6. The van der Waals surface area contributed by atoms with E-state index in [-0.39, 0.29) is 26.1 Å². The van der Waals surface area contributed by atoms with Gasteiger partial charge in [0, 0.05) is 13.1 Å². The average Bonchev–Trinajstić information content (AvgIpc) is 2.53. The average molecular weight is 389 g/mol. The largest absolute Gasteiger partial charge is 0.444 e. The molecule has 0 saturated carbocycles. The monoisotopic (exact) mass is 388 g/mol. The van der Waals surface area contributed by atoms with Crippen LogP contribution in [0.5, 0.6) is 0 Å². The van der Waals surface area contributed by atoms with Crippen molar-refractivity contribution in [3.05, 3.63) is 35.6 Å². The maximum absolute atomic E-state index is 14.7. The molecule has 0 radical (unpaired) electrons. The number of likely N-dealkylation sites (tertiary alicyclic amines) is 1. The summed E-state index contributed by atoms with van der Waals surface area (Å²) in [4.78, 5) is 26.4. The molecule has 2 amide bonds. The quantitative estimate of drug-likeness (QED) is 0.572. The van der Waals surface area contributed by atoms with Crippen LogP contribution in [-0.4, -0.2) is 52.2 Å². The first-order valence-corrected chi connectivity index (χ1v) is 8.77. The smallest absolute Gasteiger partial charge is 0.410 e. The number of hydrogen-bond donors (Lipinski definition) is 0. The lowest BCUT2D eigenvalue weighted by Gasteiger charge is -2.40. The van der Waals surface area contributed by atoms with Crippen molar-refractivity contribution in [2.75, 3.05) is 13.1 Å².